The zero-order valence-electron chi connectivity index (χ0n) is 12.6. The molecule has 2 rings (SSSR count). The van der Waals surface area contributed by atoms with Crippen molar-refractivity contribution in [1.82, 2.24) is 10.3 Å². The molecule has 0 spiro atoms. The van der Waals surface area contributed by atoms with Crippen LogP contribution in [0, 0.1) is 11.6 Å². The van der Waals surface area contributed by atoms with Crippen LogP contribution in [0.2, 0.25) is 0 Å². The van der Waals surface area contributed by atoms with Crippen LogP contribution in [0.5, 0.6) is 0 Å². The summed E-state index contributed by atoms with van der Waals surface area (Å²) >= 11 is 0. The van der Waals surface area contributed by atoms with E-state index in [1.165, 1.54) is 18.3 Å². The van der Waals surface area contributed by atoms with Crippen LogP contribution in [-0.4, -0.2) is 16.0 Å². The second-order valence-electron chi connectivity index (χ2n) is 5.13. The van der Waals surface area contributed by atoms with Crippen molar-refractivity contribution < 1.29 is 27.5 Å². The minimum absolute atomic E-state index is 0.183. The van der Waals surface area contributed by atoms with E-state index in [2.05, 4.69) is 10.3 Å². The molecule has 0 saturated heterocycles. The third-order valence-corrected chi connectivity index (χ3v) is 3.34. The van der Waals surface area contributed by atoms with Gasteiger partial charge in [0.2, 0.25) is 5.91 Å². The molecule has 1 heterocycles. The molecule has 1 atom stereocenters. The molecule has 1 aromatic carbocycles. The van der Waals surface area contributed by atoms with Crippen molar-refractivity contribution in [3.05, 3.63) is 65.0 Å². The fourth-order valence-electron chi connectivity index (χ4n) is 2.12. The number of benzene rings is 1. The first kappa shape index (κ1) is 17.9. The number of carbonyl (C=O) groups is 1. The van der Waals surface area contributed by atoms with Crippen molar-refractivity contribution >= 4 is 5.91 Å². The summed E-state index contributed by atoms with van der Waals surface area (Å²) in [6.45, 7) is 0.730. The number of amides is 1. The van der Waals surface area contributed by atoms with Gasteiger partial charge in [-0.05, 0) is 29.8 Å². The summed E-state index contributed by atoms with van der Waals surface area (Å²) in [5.74, 6) is -7.16. The maximum absolute atomic E-state index is 14.8. The zero-order chi connectivity index (χ0) is 17.9. The second kappa shape index (κ2) is 6.96. The topological polar surface area (TPSA) is 62.2 Å². The molecule has 1 amide bonds. The van der Waals surface area contributed by atoms with Gasteiger partial charge >= 0.3 is 0 Å². The van der Waals surface area contributed by atoms with E-state index >= 15 is 0 Å². The smallest absolute Gasteiger partial charge is 0.298 e. The van der Waals surface area contributed by atoms with Crippen LogP contribution in [0.4, 0.5) is 17.6 Å². The van der Waals surface area contributed by atoms with Crippen LogP contribution in [0.3, 0.4) is 0 Å². The summed E-state index contributed by atoms with van der Waals surface area (Å²) in [6, 6.07) is 2.43. The van der Waals surface area contributed by atoms with Crippen LogP contribution in [0.1, 0.15) is 29.8 Å². The lowest BCUT2D eigenvalue weighted by Gasteiger charge is -2.27. The van der Waals surface area contributed by atoms with Gasteiger partial charge in [-0.2, -0.15) is 8.78 Å². The fourth-order valence-corrected chi connectivity index (χ4v) is 2.12. The number of rotatable bonds is 5. The molecule has 24 heavy (non-hydrogen) atoms. The maximum Gasteiger partial charge on any atom is 0.298 e. The first-order valence-corrected chi connectivity index (χ1v) is 6.92. The molecule has 0 radical (unpaired) electrons. The van der Waals surface area contributed by atoms with Gasteiger partial charge in [0.1, 0.15) is 6.04 Å². The van der Waals surface area contributed by atoms with E-state index in [1.54, 1.807) is 0 Å². The first-order chi connectivity index (χ1) is 11.3. The third-order valence-electron chi connectivity index (χ3n) is 3.34. The van der Waals surface area contributed by atoms with Gasteiger partial charge in [0.05, 0.1) is 12.3 Å². The maximum atomic E-state index is 14.8. The Labute approximate surface area is 135 Å². The van der Waals surface area contributed by atoms with Crippen molar-refractivity contribution in [2.75, 3.05) is 0 Å². The Morgan fingerprint density at radius 3 is 2.46 bits per heavy atom. The van der Waals surface area contributed by atoms with Gasteiger partial charge in [0, 0.05) is 18.7 Å². The van der Waals surface area contributed by atoms with Crippen LogP contribution in [0.25, 0.3) is 0 Å². The minimum Gasteiger partial charge on any atom is -0.392 e. The van der Waals surface area contributed by atoms with E-state index in [0.717, 1.165) is 13.0 Å². The van der Waals surface area contributed by atoms with Crippen molar-refractivity contribution in [2.45, 2.75) is 25.5 Å². The molecule has 1 aromatic heterocycles. The lowest BCUT2D eigenvalue weighted by molar-refractivity contribution is -0.124. The first-order valence-electron chi connectivity index (χ1n) is 6.92. The van der Waals surface area contributed by atoms with E-state index in [0.29, 0.717) is 17.7 Å². The van der Waals surface area contributed by atoms with Gasteiger partial charge in [0.25, 0.3) is 5.92 Å². The van der Waals surface area contributed by atoms with Crippen LogP contribution >= 0.6 is 0 Å². The Kier molecular flexibility index (Phi) is 5.18. The number of pyridine rings is 1. The van der Waals surface area contributed by atoms with Crippen LogP contribution in [-0.2, 0) is 17.3 Å². The van der Waals surface area contributed by atoms with Crippen molar-refractivity contribution in [2.24, 2.45) is 0 Å². The lowest BCUT2D eigenvalue weighted by atomic mass is 9.97. The molecule has 0 bridgehead atoms. The number of nitrogens with zero attached hydrogens (tertiary/aromatic N) is 1. The number of carbonyl (C=O) groups excluding carboxylic acids is 1. The zero-order valence-corrected chi connectivity index (χ0v) is 12.6. The number of halogens is 4. The molecular weight excluding hydrogens is 328 g/mol. The van der Waals surface area contributed by atoms with Gasteiger partial charge in [-0.1, -0.05) is 6.07 Å². The number of aliphatic hydroxyl groups excluding tert-OH is 1. The highest BCUT2D eigenvalue weighted by molar-refractivity contribution is 5.73. The van der Waals surface area contributed by atoms with Gasteiger partial charge in [0.15, 0.2) is 11.6 Å². The largest absolute Gasteiger partial charge is 0.392 e. The highest BCUT2D eigenvalue weighted by atomic mass is 19.3. The Bertz CT molecular complexity index is 735. The molecule has 4 nitrogen and oxygen atoms in total. The van der Waals surface area contributed by atoms with Gasteiger partial charge in [-0.25, -0.2) is 8.78 Å². The molecule has 0 saturated carbocycles. The van der Waals surface area contributed by atoms with E-state index in [-0.39, 0.29) is 12.3 Å². The minimum atomic E-state index is -3.74. The number of hydrogen-bond donors (Lipinski definition) is 2. The van der Waals surface area contributed by atoms with Crippen molar-refractivity contribution in [3.8, 4) is 0 Å². The molecule has 0 aliphatic rings. The molecule has 2 N–H and O–H groups in total. The molecule has 0 aliphatic carbocycles. The monoisotopic (exact) mass is 342 g/mol. The molecule has 0 fully saturated rings. The summed E-state index contributed by atoms with van der Waals surface area (Å²) in [5, 5.41) is 11.0. The number of hydrogen-bond acceptors (Lipinski definition) is 3. The molecule has 2 aromatic rings. The number of aliphatic hydroxyl groups is 1. The van der Waals surface area contributed by atoms with E-state index in [4.69, 9.17) is 5.11 Å². The highest BCUT2D eigenvalue weighted by Gasteiger charge is 2.44. The van der Waals surface area contributed by atoms with Gasteiger partial charge < -0.3 is 10.4 Å². The van der Waals surface area contributed by atoms with Gasteiger partial charge in [-0.15, -0.1) is 0 Å². The Hall–Kier alpha value is -2.48. The molecule has 1 unspecified atom stereocenters. The predicted octanol–water partition coefficient (Wildman–Crippen LogP) is 2.82. The summed E-state index contributed by atoms with van der Waals surface area (Å²) in [7, 11) is 0. The molecule has 0 aliphatic heterocycles. The summed E-state index contributed by atoms with van der Waals surface area (Å²) < 4.78 is 55.8. The number of nitrogens with one attached hydrogen (secondary N) is 1. The Balaban J connectivity index is 2.47. The van der Waals surface area contributed by atoms with Gasteiger partial charge in [-0.3, -0.25) is 9.78 Å². The van der Waals surface area contributed by atoms with E-state index in [9.17, 15) is 22.4 Å². The summed E-state index contributed by atoms with van der Waals surface area (Å²) in [4.78, 5) is 15.1. The van der Waals surface area contributed by atoms with E-state index in [1.807, 2.05) is 0 Å². The summed E-state index contributed by atoms with van der Waals surface area (Å²) in [6.07, 6.45) is 1.19. The average Bonchev–Trinajstić information content (AvgIpc) is 2.55. The highest BCUT2D eigenvalue weighted by Crippen LogP contribution is 2.40. The number of alkyl halides is 2. The Morgan fingerprint density at radius 1 is 1.25 bits per heavy atom. The van der Waals surface area contributed by atoms with Crippen molar-refractivity contribution in [1.29, 1.82) is 0 Å². The normalized spacial score (nSPS) is 12.8. The van der Waals surface area contributed by atoms with E-state index < -0.39 is 35.1 Å². The molecule has 128 valence electrons. The standard InChI is InChI=1S/C16H14F4N2O2/c1-9(24)22-15(14-5-2-10(8-23)7-21-14)16(19,20)11-3-4-12(17)13(18)6-11/h2-7,15,23H,8H2,1H3,(H,22,24). The fraction of sp³-hybridized carbons (Fsp3) is 0.250. The summed E-state index contributed by atoms with van der Waals surface area (Å²) in [5.41, 5.74) is -0.582. The van der Waals surface area contributed by atoms with Crippen molar-refractivity contribution in [3.63, 3.8) is 0 Å². The second-order valence-corrected chi connectivity index (χ2v) is 5.13. The van der Waals surface area contributed by atoms with Crippen LogP contribution in [0.15, 0.2) is 36.5 Å². The van der Waals surface area contributed by atoms with Crippen LogP contribution < -0.4 is 5.32 Å². The predicted molar refractivity (Wildman–Crippen MR) is 77.0 cm³/mol. The average molecular weight is 342 g/mol. The molecule has 8 heteroatoms. The quantitative estimate of drug-likeness (QED) is 0.822. The lowest BCUT2D eigenvalue weighted by Crippen LogP contribution is -2.38. The molecular formula is C16H14F4N2O2. The SMILES string of the molecule is CC(=O)NC(c1ccc(CO)cn1)C(F)(F)c1ccc(F)c(F)c1. The number of aromatic nitrogens is 1. The third kappa shape index (κ3) is 3.70. The Morgan fingerprint density at radius 2 is 1.96 bits per heavy atom.